The molecular formula is C16H14N2O2. The lowest BCUT2D eigenvalue weighted by atomic mass is 10.1. The summed E-state index contributed by atoms with van der Waals surface area (Å²) in [5, 5.41) is 0. The van der Waals surface area contributed by atoms with Crippen LogP contribution in [0.1, 0.15) is 13.8 Å². The lowest BCUT2D eigenvalue weighted by Crippen LogP contribution is -2.34. The van der Waals surface area contributed by atoms with Crippen molar-refractivity contribution in [2.75, 3.05) is 9.80 Å². The van der Waals surface area contributed by atoms with E-state index in [0.717, 1.165) is 22.7 Å². The Morgan fingerprint density at radius 1 is 0.650 bits per heavy atom. The van der Waals surface area contributed by atoms with Crippen molar-refractivity contribution >= 4 is 34.6 Å². The molecule has 20 heavy (non-hydrogen) atoms. The van der Waals surface area contributed by atoms with E-state index < -0.39 is 0 Å². The van der Waals surface area contributed by atoms with E-state index in [2.05, 4.69) is 0 Å². The highest BCUT2D eigenvalue weighted by molar-refractivity contribution is 6.15. The topological polar surface area (TPSA) is 40.6 Å². The molecule has 0 saturated carbocycles. The van der Waals surface area contributed by atoms with Crippen LogP contribution in [0.15, 0.2) is 48.5 Å². The Balaban J connectivity index is 2.34. The maximum absolute atomic E-state index is 12.0. The van der Waals surface area contributed by atoms with Gasteiger partial charge in [-0.15, -0.1) is 0 Å². The molecule has 2 aromatic rings. The maximum Gasteiger partial charge on any atom is 0.228 e. The molecule has 0 atom stereocenters. The first kappa shape index (κ1) is 12.4. The zero-order chi connectivity index (χ0) is 14.3. The summed E-state index contributed by atoms with van der Waals surface area (Å²) < 4.78 is 0. The third kappa shape index (κ3) is 1.69. The Morgan fingerprint density at radius 2 is 0.900 bits per heavy atom. The van der Waals surface area contributed by atoms with E-state index >= 15 is 0 Å². The van der Waals surface area contributed by atoms with Gasteiger partial charge < -0.3 is 0 Å². The van der Waals surface area contributed by atoms with E-state index in [-0.39, 0.29) is 11.8 Å². The molecule has 4 heteroatoms. The maximum atomic E-state index is 12.0. The number of anilines is 4. The Hall–Kier alpha value is -2.62. The molecule has 2 amide bonds. The van der Waals surface area contributed by atoms with Crippen molar-refractivity contribution in [1.29, 1.82) is 0 Å². The van der Waals surface area contributed by atoms with Gasteiger partial charge in [-0.3, -0.25) is 19.4 Å². The van der Waals surface area contributed by atoms with Crippen LogP contribution in [0.3, 0.4) is 0 Å². The van der Waals surface area contributed by atoms with Crippen molar-refractivity contribution in [3.8, 4) is 0 Å². The Kier molecular flexibility index (Phi) is 2.79. The minimum atomic E-state index is -0.0758. The Bertz CT molecular complexity index is 602. The molecule has 1 aliphatic heterocycles. The lowest BCUT2D eigenvalue weighted by molar-refractivity contribution is -0.117. The van der Waals surface area contributed by atoms with Crippen LogP contribution in [0.5, 0.6) is 0 Å². The van der Waals surface area contributed by atoms with E-state index in [9.17, 15) is 9.59 Å². The summed E-state index contributed by atoms with van der Waals surface area (Å²) in [6, 6.07) is 14.8. The first-order valence-corrected chi connectivity index (χ1v) is 6.40. The van der Waals surface area contributed by atoms with E-state index in [4.69, 9.17) is 0 Å². The normalized spacial score (nSPS) is 12.7. The van der Waals surface area contributed by atoms with Gasteiger partial charge in [-0.2, -0.15) is 0 Å². The summed E-state index contributed by atoms with van der Waals surface area (Å²) in [7, 11) is 0. The molecule has 0 aromatic heterocycles. The highest BCUT2D eigenvalue weighted by Gasteiger charge is 2.31. The van der Waals surface area contributed by atoms with Gasteiger partial charge in [0.2, 0.25) is 11.8 Å². The standard InChI is InChI=1S/C16H14N2O2/c1-11(19)17-13-7-3-5-9-15(13)18(12(2)20)16-10-6-4-8-14(16)17/h3-10H,1-2H3. The Morgan fingerprint density at radius 3 is 1.10 bits per heavy atom. The molecule has 1 aliphatic rings. The number of para-hydroxylation sites is 4. The SMILES string of the molecule is CC(=O)N1c2ccccc2N(C(C)=O)c2ccccc21. The van der Waals surface area contributed by atoms with Crippen LogP contribution >= 0.6 is 0 Å². The predicted octanol–water partition coefficient (Wildman–Crippen LogP) is 3.37. The molecule has 4 nitrogen and oxygen atoms in total. The minimum absolute atomic E-state index is 0.0758. The fourth-order valence-corrected chi connectivity index (χ4v) is 2.62. The molecular weight excluding hydrogens is 252 g/mol. The van der Waals surface area contributed by atoms with Crippen LogP contribution in [0.4, 0.5) is 22.7 Å². The first-order chi connectivity index (χ1) is 9.61. The van der Waals surface area contributed by atoms with Crippen LogP contribution < -0.4 is 9.80 Å². The molecule has 0 bridgehead atoms. The van der Waals surface area contributed by atoms with E-state index in [1.54, 1.807) is 9.80 Å². The van der Waals surface area contributed by atoms with Crippen LogP contribution in [-0.2, 0) is 9.59 Å². The van der Waals surface area contributed by atoms with Gasteiger partial charge >= 0.3 is 0 Å². The lowest BCUT2D eigenvalue weighted by Gasteiger charge is -2.37. The first-order valence-electron chi connectivity index (χ1n) is 6.40. The average molecular weight is 266 g/mol. The number of carbonyl (C=O) groups is 2. The zero-order valence-electron chi connectivity index (χ0n) is 11.3. The smallest absolute Gasteiger partial charge is 0.228 e. The molecule has 0 spiro atoms. The fraction of sp³-hybridized carbons (Fsp3) is 0.125. The van der Waals surface area contributed by atoms with Gasteiger partial charge in [0.1, 0.15) is 0 Å². The van der Waals surface area contributed by atoms with Gasteiger partial charge in [-0.1, -0.05) is 24.3 Å². The average Bonchev–Trinajstić information content (AvgIpc) is 2.43. The molecule has 2 aromatic carbocycles. The van der Waals surface area contributed by atoms with E-state index in [1.165, 1.54) is 13.8 Å². The van der Waals surface area contributed by atoms with Gasteiger partial charge in [0.15, 0.2) is 0 Å². The van der Waals surface area contributed by atoms with Crippen molar-refractivity contribution in [1.82, 2.24) is 0 Å². The third-order valence-corrected chi connectivity index (χ3v) is 3.36. The zero-order valence-corrected chi connectivity index (χ0v) is 11.3. The number of rotatable bonds is 0. The van der Waals surface area contributed by atoms with Gasteiger partial charge in [0, 0.05) is 13.8 Å². The predicted molar refractivity (Wildman–Crippen MR) is 78.5 cm³/mol. The molecule has 0 fully saturated rings. The molecule has 0 N–H and O–H groups in total. The van der Waals surface area contributed by atoms with Crippen LogP contribution in [-0.4, -0.2) is 11.8 Å². The van der Waals surface area contributed by atoms with E-state index in [1.807, 2.05) is 48.5 Å². The van der Waals surface area contributed by atoms with Crippen molar-refractivity contribution in [3.63, 3.8) is 0 Å². The van der Waals surface area contributed by atoms with Crippen LogP contribution in [0.25, 0.3) is 0 Å². The second kappa shape index (κ2) is 4.49. The molecule has 0 unspecified atom stereocenters. The van der Waals surface area contributed by atoms with Crippen molar-refractivity contribution in [2.24, 2.45) is 0 Å². The Labute approximate surface area is 117 Å². The highest BCUT2D eigenvalue weighted by atomic mass is 16.2. The monoisotopic (exact) mass is 266 g/mol. The summed E-state index contributed by atoms with van der Waals surface area (Å²) >= 11 is 0. The highest BCUT2D eigenvalue weighted by Crippen LogP contribution is 2.47. The second-order valence-electron chi connectivity index (χ2n) is 4.69. The summed E-state index contributed by atoms with van der Waals surface area (Å²) in [4.78, 5) is 27.3. The molecule has 0 aliphatic carbocycles. The quantitative estimate of drug-likeness (QED) is 0.733. The van der Waals surface area contributed by atoms with E-state index in [0.29, 0.717) is 0 Å². The molecule has 3 rings (SSSR count). The fourth-order valence-electron chi connectivity index (χ4n) is 2.62. The van der Waals surface area contributed by atoms with Gasteiger partial charge in [0.05, 0.1) is 22.7 Å². The minimum Gasteiger partial charge on any atom is -0.277 e. The van der Waals surface area contributed by atoms with Crippen molar-refractivity contribution in [3.05, 3.63) is 48.5 Å². The summed E-state index contributed by atoms with van der Waals surface area (Å²) in [5.74, 6) is -0.152. The number of amides is 2. The van der Waals surface area contributed by atoms with Crippen molar-refractivity contribution < 1.29 is 9.59 Å². The van der Waals surface area contributed by atoms with Crippen molar-refractivity contribution in [2.45, 2.75) is 13.8 Å². The van der Waals surface area contributed by atoms with Gasteiger partial charge in [-0.25, -0.2) is 0 Å². The number of hydrogen-bond donors (Lipinski definition) is 0. The summed E-state index contributed by atoms with van der Waals surface area (Å²) in [6.07, 6.45) is 0. The molecule has 1 heterocycles. The summed E-state index contributed by atoms with van der Waals surface area (Å²) in [6.45, 7) is 3.05. The largest absolute Gasteiger partial charge is 0.277 e. The van der Waals surface area contributed by atoms with Gasteiger partial charge in [-0.05, 0) is 24.3 Å². The number of carbonyl (C=O) groups excluding carboxylic acids is 2. The number of benzene rings is 2. The van der Waals surface area contributed by atoms with Gasteiger partial charge in [0.25, 0.3) is 0 Å². The molecule has 0 radical (unpaired) electrons. The van der Waals surface area contributed by atoms with Crippen LogP contribution in [0, 0.1) is 0 Å². The molecule has 100 valence electrons. The number of fused-ring (bicyclic) bond motifs is 2. The number of hydrogen-bond acceptors (Lipinski definition) is 2. The second-order valence-corrected chi connectivity index (χ2v) is 4.69. The third-order valence-electron chi connectivity index (χ3n) is 3.36. The number of nitrogens with zero attached hydrogens (tertiary/aromatic N) is 2. The molecule has 0 saturated heterocycles. The summed E-state index contributed by atoms with van der Waals surface area (Å²) in [5.41, 5.74) is 2.92. The van der Waals surface area contributed by atoms with Crippen LogP contribution in [0.2, 0.25) is 0 Å².